The van der Waals surface area contributed by atoms with E-state index < -0.39 is 17.8 Å². The minimum absolute atomic E-state index is 0.132. The molecule has 0 spiro atoms. The van der Waals surface area contributed by atoms with Crippen molar-refractivity contribution in [1.29, 1.82) is 0 Å². The molecule has 0 aliphatic carbocycles. The topological polar surface area (TPSA) is 106 Å². The molecule has 4 heterocycles. The summed E-state index contributed by atoms with van der Waals surface area (Å²) >= 11 is 1.27. The third-order valence-electron chi connectivity index (χ3n) is 5.73. The zero-order valence-corrected chi connectivity index (χ0v) is 19.1. The molecule has 1 aromatic carbocycles. The number of thiazole rings is 1. The molecule has 5 rings (SSSR count). The van der Waals surface area contributed by atoms with Crippen LogP contribution in [0.4, 0.5) is 5.13 Å². The number of aromatic nitrogens is 2. The molecule has 34 heavy (non-hydrogen) atoms. The SMILES string of the molecule is O=C1C=COC1C(=O)N(CCCN1CCCC1=O)c1nc(-c2cc(-c3ccccc3)no2)cs1. The highest BCUT2D eigenvalue weighted by Crippen LogP contribution is 2.31. The highest BCUT2D eigenvalue weighted by atomic mass is 32.1. The molecule has 10 heteroatoms. The van der Waals surface area contributed by atoms with E-state index in [0.29, 0.717) is 48.2 Å². The number of nitrogens with zero attached hydrogens (tertiary/aromatic N) is 4. The summed E-state index contributed by atoms with van der Waals surface area (Å²) in [5.41, 5.74) is 2.15. The number of hydrogen-bond acceptors (Lipinski definition) is 8. The van der Waals surface area contributed by atoms with Gasteiger partial charge in [0.05, 0.1) is 6.26 Å². The number of rotatable bonds is 8. The predicted octanol–water partition coefficient (Wildman–Crippen LogP) is 3.29. The van der Waals surface area contributed by atoms with E-state index in [9.17, 15) is 14.4 Å². The first kappa shape index (κ1) is 22.0. The molecule has 1 atom stereocenters. The molecular formula is C24H22N4O5S. The number of likely N-dealkylation sites (tertiary alicyclic amines) is 1. The standard InChI is InChI=1S/C24H22N4O5S/c29-19-9-13-32-22(19)23(31)28(12-5-11-27-10-4-8-21(27)30)24-25-18(15-34-24)20-14-17(26-33-20)16-6-2-1-3-7-16/h1-3,6-7,9,13-15,22H,4-5,8,10-12H2. The van der Waals surface area contributed by atoms with Crippen molar-refractivity contribution in [2.24, 2.45) is 0 Å². The van der Waals surface area contributed by atoms with Gasteiger partial charge < -0.3 is 14.2 Å². The maximum atomic E-state index is 13.2. The first-order valence-corrected chi connectivity index (χ1v) is 11.9. The van der Waals surface area contributed by atoms with E-state index in [2.05, 4.69) is 10.1 Å². The first-order valence-electron chi connectivity index (χ1n) is 11.0. The molecule has 0 bridgehead atoms. The largest absolute Gasteiger partial charge is 0.480 e. The van der Waals surface area contributed by atoms with Gasteiger partial charge in [0, 0.05) is 49.1 Å². The Bertz CT molecular complexity index is 1230. The number of hydrogen-bond donors (Lipinski definition) is 0. The van der Waals surface area contributed by atoms with Crippen LogP contribution in [0.3, 0.4) is 0 Å². The number of benzene rings is 1. The van der Waals surface area contributed by atoms with Crippen molar-refractivity contribution in [2.75, 3.05) is 24.5 Å². The molecule has 1 unspecified atom stereocenters. The van der Waals surface area contributed by atoms with Crippen molar-refractivity contribution in [2.45, 2.75) is 25.4 Å². The number of carbonyl (C=O) groups is 3. The number of amides is 2. The summed E-state index contributed by atoms with van der Waals surface area (Å²) < 4.78 is 10.7. The van der Waals surface area contributed by atoms with Crippen molar-refractivity contribution in [3.8, 4) is 22.7 Å². The average molecular weight is 479 g/mol. The van der Waals surface area contributed by atoms with Crippen LogP contribution >= 0.6 is 11.3 Å². The van der Waals surface area contributed by atoms with Gasteiger partial charge >= 0.3 is 0 Å². The van der Waals surface area contributed by atoms with E-state index in [4.69, 9.17) is 9.26 Å². The van der Waals surface area contributed by atoms with Crippen molar-refractivity contribution < 1.29 is 23.6 Å². The van der Waals surface area contributed by atoms with Gasteiger partial charge in [0.25, 0.3) is 5.91 Å². The molecule has 0 radical (unpaired) electrons. The van der Waals surface area contributed by atoms with E-state index in [1.165, 1.54) is 28.6 Å². The third kappa shape index (κ3) is 4.49. The summed E-state index contributed by atoms with van der Waals surface area (Å²) in [6.45, 7) is 1.58. The second-order valence-corrected chi connectivity index (χ2v) is 8.84. The van der Waals surface area contributed by atoms with Crippen LogP contribution in [0.5, 0.6) is 0 Å². The Hall–Kier alpha value is -3.79. The van der Waals surface area contributed by atoms with Gasteiger partial charge in [-0.3, -0.25) is 19.3 Å². The molecule has 1 fully saturated rings. The Labute approximate surface area is 199 Å². The van der Waals surface area contributed by atoms with E-state index >= 15 is 0 Å². The normalized spacial score (nSPS) is 17.4. The van der Waals surface area contributed by atoms with Gasteiger partial charge in [-0.15, -0.1) is 11.3 Å². The Morgan fingerprint density at radius 2 is 2.06 bits per heavy atom. The van der Waals surface area contributed by atoms with Crippen molar-refractivity contribution >= 4 is 34.1 Å². The summed E-state index contributed by atoms with van der Waals surface area (Å²) in [5.74, 6) is -0.269. The Morgan fingerprint density at radius 1 is 1.21 bits per heavy atom. The summed E-state index contributed by atoms with van der Waals surface area (Å²) in [5, 5.41) is 6.33. The van der Waals surface area contributed by atoms with Crippen LogP contribution in [0.25, 0.3) is 22.7 Å². The monoisotopic (exact) mass is 478 g/mol. The summed E-state index contributed by atoms with van der Waals surface area (Å²) in [4.78, 5) is 45.0. The first-order chi connectivity index (χ1) is 16.6. The Balaban J connectivity index is 1.34. The second kappa shape index (κ2) is 9.60. The van der Waals surface area contributed by atoms with Crippen LogP contribution in [0.2, 0.25) is 0 Å². The third-order valence-corrected chi connectivity index (χ3v) is 6.60. The van der Waals surface area contributed by atoms with Gasteiger partial charge in [0.1, 0.15) is 11.4 Å². The molecule has 0 saturated carbocycles. The van der Waals surface area contributed by atoms with E-state index in [-0.39, 0.29) is 5.91 Å². The lowest BCUT2D eigenvalue weighted by Gasteiger charge is -2.23. The van der Waals surface area contributed by atoms with Crippen LogP contribution in [-0.4, -0.2) is 58.4 Å². The average Bonchev–Trinajstić information content (AvgIpc) is 3.65. The lowest BCUT2D eigenvalue weighted by atomic mass is 10.1. The van der Waals surface area contributed by atoms with Gasteiger partial charge in [-0.1, -0.05) is 35.5 Å². The van der Waals surface area contributed by atoms with E-state index in [1.807, 2.05) is 30.3 Å². The minimum atomic E-state index is -1.21. The molecule has 174 valence electrons. The van der Waals surface area contributed by atoms with Gasteiger partial charge in [-0.05, 0) is 12.8 Å². The Morgan fingerprint density at radius 3 is 2.79 bits per heavy atom. The van der Waals surface area contributed by atoms with Crippen molar-refractivity contribution in [3.05, 3.63) is 54.1 Å². The lowest BCUT2D eigenvalue weighted by Crippen LogP contribution is -2.43. The smallest absolute Gasteiger partial charge is 0.278 e. The van der Waals surface area contributed by atoms with Gasteiger partial charge in [-0.25, -0.2) is 4.98 Å². The van der Waals surface area contributed by atoms with Crippen LogP contribution < -0.4 is 4.90 Å². The fourth-order valence-electron chi connectivity index (χ4n) is 3.96. The highest BCUT2D eigenvalue weighted by molar-refractivity contribution is 7.14. The van der Waals surface area contributed by atoms with E-state index in [0.717, 1.165) is 18.5 Å². The lowest BCUT2D eigenvalue weighted by molar-refractivity contribution is -0.134. The molecule has 2 aliphatic rings. The molecule has 3 aromatic rings. The zero-order valence-electron chi connectivity index (χ0n) is 18.3. The fourth-order valence-corrected chi connectivity index (χ4v) is 4.81. The number of ether oxygens (including phenoxy) is 1. The van der Waals surface area contributed by atoms with Crippen molar-refractivity contribution in [3.63, 3.8) is 0 Å². The van der Waals surface area contributed by atoms with E-state index in [1.54, 1.807) is 16.3 Å². The summed E-state index contributed by atoms with van der Waals surface area (Å²) in [7, 11) is 0. The fraction of sp³-hybridized carbons (Fsp3) is 0.292. The Kier molecular flexibility index (Phi) is 6.22. The summed E-state index contributed by atoms with van der Waals surface area (Å²) in [6, 6.07) is 11.4. The predicted molar refractivity (Wildman–Crippen MR) is 125 cm³/mol. The van der Waals surface area contributed by atoms with Crippen LogP contribution in [-0.2, 0) is 19.1 Å². The van der Waals surface area contributed by atoms with Gasteiger partial charge in [-0.2, -0.15) is 0 Å². The highest BCUT2D eigenvalue weighted by Gasteiger charge is 2.35. The molecule has 9 nitrogen and oxygen atoms in total. The van der Waals surface area contributed by atoms with Gasteiger partial charge in [0.15, 0.2) is 10.9 Å². The number of carbonyl (C=O) groups excluding carboxylic acids is 3. The maximum Gasteiger partial charge on any atom is 0.278 e. The summed E-state index contributed by atoms with van der Waals surface area (Å²) in [6.07, 6.45) is 3.25. The number of ketones is 1. The molecule has 2 aromatic heterocycles. The molecule has 1 saturated heterocycles. The minimum Gasteiger partial charge on any atom is -0.480 e. The van der Waals surface area contributed by atoms with Crippen LogP contribution in [0.1, 0.15) is 19.3 Å². The molecular weight excluding hydrogens is 456 g/mol. The van der Waals surface area contributed by atoms with Crippen LogP contribution in [0, 0.1) is 0 Å². The quantitative estimate of drug-likeness (QED) is 0.458. The molecule has 2 aliphatic heterocycles. The molecule has 0 N–H and O–H groups in total. The van der Waals surface area contributed by atoms with Gasteiger partial charge in [0.2, 0.25) is 17.8 Å². The number of anilines is 1. The zero-order chi connectivity index (χ0) is 23.5. The van der Waals surface area contributed by atoms with Crippen LogP contribution in [0.15, 0.2) is 58.6 Å². The molecule has 2 amide bonds. The maximum absolute atomic E-state index is 13.2. The second-order valence-electron chi connectivity index (χ2n) is 8.01. The van der Waals surface area contributed by atoms with Crippen molar-refractivity contribution in [1.82, 2.24) is 15.0 Å².